The van der Waals surface area contributed by atoms with Crippen LogP contribution in [0, 0.1) is 6.92 Å². The Hall–Kier alpha value is -1.59. The number of rotatable bonds is 4. The van der Waals surface area contributed by atoms with Crippen molar-refractivity contribution in [1.82, 2.24) is 9.97 Å². The molecule has 2 heterocycles. The molecule has 21 heavy (non-hydrogen) atoms. The SMILES string of the molecule is COC(=O)c1ncccc1C(SC)c1cnc(Cl)cc1C. The van der Waals surface area contributed by atoms with E-state index in [1.165, 1.54) is 7.11 Å². The first-order valence-corrected chi connectivity index (χ1v) is 7.93. The number of hydrogen-bond donors (Lipinski definition) is 0. The predicted molar refractivity (Wildman–Crippen MR) is 84.9 cm³/mol. The quantitative estimate of drug-likeness (QED) is 0.635. The summed E-state index contributed by atoms with van der Waals surface area (Å²) in [5, 5.41) is 0.396. The van der Waals surface area contributed by atoms with Crippen molar-refractivity contribution >= 4 is 29.3 Å². The van der Waals surface area contributed by atoms with Crippen molar-refractivity contribution in [1.29, 1.82) is 0 Å². The molecule has 0 aromatic carbocycles. The highest BCUT2D eigenvalue weighted by atomic mass is 35.5. The number of halogens is 1. The molecule has 0 aliphatic heterocycles. The van der Waals surface area contributed by atoms with Gasteiger partial charge in [0.2, 0.25) is 0 Å². The van der Waals surface area contributed by atoms with Crippen LogP contribution < -0.4 is 0 Å². The molecule has 0 N–H and O–H groups in total. The number of aryl methyl sites for hydroxylation is 1. The van der Waals surface area contributed by atoms with E-state index in [-0.39, 0.29) is 5.25 Å². The lowest BCUT2D eigenvalue weighted by Crippen LogP contribution is -2.11. The van der Waals surface area contributed by atoms with Crippen LogP contribution in [0.15, 0.2) is 30.6 Å². The van der Waals surface area contributed by atoms with Crippen LogP contribution in [0.4, 0.5) is 0 Å². The fourth-order valence-corrected chi connectivity index (χ4v) is 3.28. The summed E-state index contributed by atoms with van der Waals surface area (Å²) in [4.78, 5) is 20.2. The van der Waals surface area contributed by atoms with Crippen LogP contribution >= 0.6 is 23.4 Å². The lowest BCUT2D eigenvalue weighted by molar-refractivity contribution is 0.0593. The molecule has 0 fully saturated rings. The Kier molecular flexibility index (Phi) is 5.20. The Balaban J connectivity index is 2.54. The van der Waals surface area contributed by atoms with E-state index in [0.717, 1.165) is 16.7 Å². The van der Waals surface area contributed by atoms with Crippen LogP contribution in [0.5, 0.6) is 0 Å². The van der Waals surface area contributed by atoms with Gasteiger partial charge in [0.25, 0.3) is 0 Å². The highest BCUT2D eigenvalue weighted by Crippen LogP contribution is 2.37. The van der Waals surface area contributed by atoms with Crippen LogP contribution in [0.3, 0.4) is 0 Å². The van der Waals surface area contributed by atoms with E-state index in [1.54, 1.807) is 24.2 Å². The average molecular weight is 323 g/mol. The molecular formula is C15H15ClN2O2S. The number of carbonyl (C=O) groups excluding carboxylic acids is 1. The molecule has 0 bridgehead atoms. The standard InChI is InChI=1S/C15H15ClN2O2S/c1-9-7-12(16)18-8-11(9)14(21-3)10-5-4-6-17-13(10)15(19)20-2/h4-8,14H,1-3H3. The van der Waals surface area contributed by atoms with Gasteiger partial charge in [-0.1, -0.05) is 17.7 Å². The first kappa shape index (κ1) is 15.8. The molecule has 2 rings (SSSR count). The second-order valence-electron chi connectivity index (χ2n) is 4.41. The van der Waals surface area contributed by atoms with Crippen molar-refractivity contribution in [3.63, 3.8) is 0 Å². The minimum atomic E-state index is -0.441. The Labute approximate surface area is 132 Å². The zero-order valence-corrected chi connectivity index (χ0v) is 13.5. The summed E-state index contributed by atoms with van der Waals surface area (Å²) >= 11 is 7.52. The van der Waals surface area contributed by atoms with Crippen LogP contribution in [0.2, 0.25) is 5.15 Å². The highest BCUT2D eigenvalue weighted by molar-refractivity contribution is 7.99. The smallest absolute Gasteiger partial charge is 0.356 e. The summed E-state index contributed by atoms with van der Waals surface area (Å²) < 4.78 is 4.81. The summed E-state index contributed by atoms with van der Waals surface area (Å²) in [6.45, 7) is 1.97. The number of hydrogen-bond acceptors (Lipinski definition) is 5. The molecule has 0 aliphatic carbocycles. The highest BCUT2D eigenvalue weighted by Gasteiger charge is 2.23. The molecule has 0 radical (unpaired) electrons. The first-order valence-electron chi connectivity index (χ1n) is 6.26. The van der Waals surface area contributed by atoms with Gasteiger partial charge in [-0.2, -0.15) is 11.8 Å². The second kappa shape index (κ2) is 6.91. The number of ether oxygens (including phenoxy) is 1. The lowest BCUT2D eigenvalue weighted by atomic mass is 10.0. The van der Waals surface area contributed by atoms with Crippen molar-refractivity contribution in [3.05, 3.63) is 58.1 Å². The molecule has 0 aliphatic rings. The molecule has 0 spiro atoms. The third-order valence-corrected chi connectivity index (χ3v) is 4.32. The van der Waals surface area contributed by atoms with Crippen molar-refractivity contribution in [2.45, 2.75) is 12.2 Å². The van der Waals surface area contributed by atoms with E-state index in [4.69, 9.17) is 16.3 Å². The number of esters is 1. The molecule has 4 nitrogen and oxygen atoms in total. The third-order valence-electron chi connectivity index (χ3n) is 3.14. The maximum absolute atomic E-state index is 11.9. The van der Waals surface area contributed by atoms with Gasteiger partial charge in [-0.25, -0.2) is 14.8 Å². The van der Waals surface area contributed by atoms with Gasteiger partial charge in [-0.05, 0) is 36.4 Å². The molecule has 6 heteroatoms. The number of nitrogens with zero attached hydrogens (tertiary/aromatic N) is 2. The van der Waals surface area contributed by atoms with Gasteiger partial charge >= 0.3 is 5.97 Å². The Morgan fingerprint density at radius 3 is 2.76 bits per heavy atom. The average Bonchev–Trinajstić information content (AvgIpc) is 2.49. The van der Waals surface area contributed by atoms with E-state index < -0.39 is 5.97 Å². The summed E-state index contributed by atoms with van der Waals surface area (Å²) in [7, 11) is 1.35. The molecule has 1 atom stereocenters. The zero-order chi connectivity index (χ0) is 15.4. The van der Waals surface area contributed by atoms with Gasteiger partial charge in [-0.15, -0.1) is 0 Å². The maximum Gasteiger partial charge on any atom is 0.356 e. The Bertz CT molecular complexity index is 664. The van der Waals surface area contributed by atoms with Crippen LogP contribution in [-0.2, 0) is 4.74 Å². The van der Waals surface area contributed by atoms with Gasteiger partial charge < -0.3 is 4.74 Å². The van der Waals surface area contributed by atoms with Crippen molar-refractivity contribution < 1.29 is 9.53 Å². The number of methoxy groups -OCH3 is 1. The maximum atomic E-state index is 11.9. The second-order valence-corrected chi connectivity index (χ2v) is 5.74. The number of carbonyl (C=O) groups is 1. The Morgan fingerprint density at radius 1 is 1.38 bits per heavy atom. The third kappa shape index (κ3) is 3.36. The largest absolute Gasteiger partial charge is 0.464 e. The molecule has 2 aromatic rings. The van der Waals surface area contributed by atoms with E-state index in [0.29, 0.717) is 10.8 Å². The first-order chi connectivity index (χ1) is 10.1. The Morgan fingerprint density at radius 2 is 2.14 bits per heavy atom. The number of pyridine rings is 2. The van der Waals surface area contributed by atoms with Crippen molar-refractivity contribution in [2.75, 3.05) is 13.4 Å². The van der Waals surface area contributed by atoms with E-state index >= 15 is 0 Å². The molecule has 1 unspecified atom stereocenters. The molecule has 110 valence electrons. The molecular weight excluding hydrogens is 308 g/mol. The fraction of sp³-hybridized carbons (Fsp3) is 0.267. The molecule has 0 saturated heterocycles. The van der Waals surface area contributed by atoms with Crippen LogP contribution in [0.1, 0.15) is 32.4 Å². The van der Waals surface area contributed by atoms with Crippen LogP contribution in [0.25, 0.3) is 0 Å². The summed E-state index contributed by atoms with van der Waals surface area (Å²) in [6.07, 6.45) is 5.31. The molecule has 0 saturated carbocycles. The minimum absolute atomic E-state index is 0.0578. The summed E-state index contributed by atoms with van der Waals surface area (Å²) in [6, 6.07) is 5.51. The van der Waals surface area contributed by atoms with E-state index in [2.05, 4.69) is 9.97 Å². The topological polar surface area (TPSA) is 52.1 Å². The number of thioether (sulfide) groups is 1. The van der Waals surface area contributed by atoms with E-state index in [9.17, 15) is 4.79 Å². The van der Waals surface area contributed by atoms with Gasteiger partial charge in [-0.3, -0.25) is 0 Å². The predicted octanol–water partition coefficient (Wildman–Crippen LogP) is 3.68. The van der Waals surface area contributed by atoms with Gasteiger partial charge in [0.15, 0.2) is 5.69 Å². The molecule has 2 aromatic heterocycles. The monoisotopic (exact) mass is 322 g/mol. The minimum Gasteiger partial charge on any atom is -0.464 e. The van der Waals surface area contributed by atoms with Crippen LogP contribution in [-0.4, -0.2) is 29.3 Å². The van der Waals surface area contributed by atoms with Gasteiger partial charge in [0.05, 0.1) is 12.4 Å². The van der Waals surface area contributed by atoms with Crippen molar-refractivity contribution in [3.8, 4) is 0 Å². The van der Waals surface area contributed by atoms with E-state index in [1.807, 2.05) is 31.4 Å². The number of aromatic nitrogens is 2. The summed E-state index contributed by atoms with van der Waals surface area (Å²) in [5.41, 5.74) is 3.16. The molecule has 0 amide bonds. The lowest BCUT2D eigenvalue weighted by Gasteiger charge is -2.19. The van der Waals surface area contributed by atoms with Gasteiger partial charge in [0, 0.05) is 18.0 Å². The normalized spacial score (nSPS) is 12.0. The summed E-state index contributed by atoms with van der Waals surface area (Å²) in [5.74, 6) is -0.441. The fourth-order valence-electron chi connectivity index (χ4n) is 2.12. The zero-order valence-electron chi connectivity index (χ0n) is 12.0. The van der Waals surface area contributed by atoms with Gasteiger partial charge in [0.1, 0.15) is 5.15 Å². The van der Waals surface area contributed by atoms with Crippen molar-refractivity contribution in [2.24, 2.45) is 0 Å².